The van der Waals surface area contributed by atoms with Gasteiger partial charge in [0.2, 0.25) is 0 Å². The molecule has 0 aliphatic rings. The Morgan fingerprint density at radius 1 is 0.952 bits per heavy atom. The Kier molecular flexibility index (Phi) is 4.27. The van der Waals surface area contributed by atoms with Crippen LogP contribution in [-0.2, 0) is 12.6 Å². The van der Waals surface area contributed by atoms with Crippen LogP contribution in [0.15, 0.2) is 42.5 Å². The Bertz CT molecular complexity index is 636. The lowest BCUT2D eigenvalue weighted by molar-refractivity contribution is -0.137. The van der Waals surface area contributed by atoms with Crippen molar-refractivity contribution in [3.63, 3.8) is 0 Å². The number of aliphatic hydroxyl groups excluding tert-OH is 1. The Morgan fingerprint density at radius 3 is 2.29 bits per heavy atom. The molecule has 112 valence electrons. The van der Waals surface area contributed by atoms with Crippen molar-refractivity contribution >= 4 is 0 Å². The SMILES string of the molecule is OC(Cc1ccc(F)c(F)c1)c1cccc(C(F)(F)F)c1. The van der Waals surface area contributed by atoms with Gasteiger partial charge in [-0.05, 0) is 35.4 Å². The highest BCUT2D eigenvalue weighted by atomic mass is 19.4. The van der Waals surface area contributed by atoms with Crippen LogP contribution in [0.25, 0.3) is 0 Å². The molecule has 0 amide bonds. The predicted octanol–water partition coefficient (Wildman–Crippen LogP) is 4.26. The van der Waals surface area contributed by atoms with Gasteiger partial charge < -0.3 is 5.11 Å². The van der Waals surface area contributed by atoms with E-state index in [4.69, 9.17) is 0 Å². The summed E-state index contributed by atoms with van der Waals surface area (Å²) in [6.07, 6.45) is -5.85. The molecular formula is C15H11F5O. The third-order valence-electron chi connectivity index (χ3n) is 3.01. The zero-order valence-electron chi connectivity index (χ0n) is 10.7. The summed E-state index contributed by atoms with van der Waals surface area (Å²) in [6.45, 7) is 0. The third kappa shape index (κ3) is 3.78. The van der Waals surface area contributed by atoms with Crippen molar-refractivity contribution in [1.82, 2.24) is 0 Å². The first kappa shape index (κ1) is 15.4. The Balaban J connectivity index is 2.20. The van der Waals surface area contributed by atoms with Crippen LogP contribution >= 0.6 is 0 Å². The van der Waals surface area contributed by atoms with Gasteiger partial charge in [0, 0.05) is 6.42 Å². The van der Waals surface area contributed by atoms with E-state index in [1.165, 1.54) is 18.2 Å². The lowest BCUT2D eigenvalue weighted by Gasteiger charge is -2.14. The first-order valence-electron chi connectivity index (χ1n) is 6.06. The monoisotopic (exact) mass is 302 g/mol. The molecular weight excluding hydrogens is 291 g/mol. The molecule has 1 nitrogen and oxygen atoms in total. The summed E-state index contributed by atoms with van der Waals surface area (Å²) < 4.78 is 63.6. The van der Waals surface area contributed by atoms with Gasteiger partial charge in [-0.3, -0.25) is 0 Å². The Morgan fingerprint density at radius 2 is 1.67 bits per heavy atom. The number of hydrogen-bond donors (Lipinski definition) is 1. The molecule has 0 aromatic heterocycles. The molecule has 0 heterocycles. The first-order chi connectivity index (χ1) is 9.77. The lowest BCUT2D eigenvalue weighted by atomic mass is 9.99. The van der Waals surface area contributed by atoms with Crippen molar-refractivity contribution in [2.24, 2.45) is 0 Å². The first-order valence-corrected chi connectivity index (χ1v) is 6.06. The normalized spacial score (nSPS) is 13.2. The van der Waals surface area contributed by atoms with Gasteiger partial charge in [0.1, 0.15) is 0 Å². The number of halogens is 5. The van der Waals surface area contributed by atoms with Crippen molar-refractivity contribution < 1.29 is 27.1 Å². The summed E-state index contributed by atoms with van der Waals surface area (Å²) in [5, 5.41) is 9.94. The number of rotatable bonds is 3. The van der Waals surface area contributed by atoms with E-state index in [0.29, 0.717) is 5.56 Å². The molecule has 2 aromatic rings. The molecule has 0 saturated carbocycles. The maximum absolute atomic E-state index is 13.0. The van der Waals surface area contributed by atoms with Crippen molar-refractivity contribution in [3.8, 4) is 0 Å². The smallest absolute Gasteiger partial charge is 0.388 e. The molecule has 0 bridgehead atoms. The van der Waals surface area contributed by atoms with Gasteiger partial charge in [-0.2, -0.15) is 13.2 Å². The fraction of sp³-hybridized carbons (Fsp3) is 0.200. The van der Waals surface area contributed by atoms with Gasteiger partial charge >= 0.3 is 6.18 Å². The van der Waals surface area contributed by atoms with Gasteiger partial charge in [-0.25, -0.2) is 8.78 Å². The van der Waals surface area contributed by atoms with E-state index in [9.17, 15) is 27.1 Å². The molecule has 21 heavy (non-hydrogen) atoms. The molecule has 1 N–H and O–H groups in total. The van der Waals surface area contributed by atoms with E-state index in [1.807, 2.05) is 0 Å². The molecule has 0 radical (unpaired) electrons. The fourth-order valence-corrected chi connectivity index (χ4v) is 1.93. The Labute approximate surface area is 117 Å². The van der Waals surface area contributed by atoms with E-state index < -0.39 is 29.5 Å². The lowest BCUT2D eigenvalue weighted by Crippen LogP contribution is -2.08. The van der Waals surface area contributed by atoms with Crippen LogP contribution in [0.4, 0.5) is 22.0 Å². The van der Waals surface area contributed by atoms with E-state index in [-0.39, 0.29) is 12.0 Å². The van der Waals surface area contributed by atoms with Gasteiger partial charge in [0.05, 0.1) is 11.7 Å². The second-order valence-corrected chi connectivity index (χ2v) is 4.59. The van der Waals surface area contributed by atoms with Crippen LogP contribution in [0.1, 0.15) is 22.8 Å². The minimum absolute atomic E-state index is 0.0644. The highest BCUT2D eigenvalue weighted by Crippen LogP contribution is 2.31. The van der Waals surface area contributed by atoms with Gasteiger partial charge in [-0.1, -0.05) is 18.2 Å². The van der Waals surface area contributed by atoms with Crippen LogP contribution in [0.2, 0.25) is 0 Å². The highest BCUT2D eigenvalue weighted by molar-refractivity contribution is 5.29. The van der Waals surface area contributed by atoms with Crippen LogP contribution in [0.5, 0.6) is 0 Å². The second-order valence-electron chi connectivity index (χ2n) is 4.59. The molecule has 0 fully saturated rings. The third-order valence-corrected chi connectivity index (χ3v) is 3.01. The average molecular weight is 302 g/mol. The van der Waals surface area contributed by atoms with E-state index in [0.717, 1.165) is 24.3 Å². The van der Waals surface area contributed by atoms with E-state index in [2.05, 4.69) is 0 Å². The van der Waals surface area contributed by atoms with Crippen LogP contribution in [0.3, 0.4) is 0 Å². The van der Waals surface area contributed by atoms with E-state index in [1.54, 1.807) is 0 Å². The molecule has 0 aliphatic carbocycles. The highest BCUT2D eigenvalue weighted by Gasteiger charge is 2.30. The molecule has 2 rings (SSSR count). The number of aliphatic hydroxyl groups is 1. The van der Waals surface area contributed by atoms with Gasteiger partial charge in [0.25, 0.3) is 0 Å². The van der Waals surface area contributed by atoms with Crippen molar-refractivity contribution in [2.75, 3.05) is 0 Å². The molecule has 1 atom stereocenters. The zero-order valence-corrected chi connectivity index (χ0v) is 10.7. The van der Waals surface area contributed by atoms with Gasteiger partial charge in [0.15, 0.2) is 11.6 Å². The standard InChI is InChI=1S/C15H11F5O/c16-12-5-4-9(6-13(12)17)7-14(21)10-2-1-3-11(8-10)15(18,19)20/h1-6,8,14,21H,7H2. The average Bonchev–Trinajstić information content (AvgIpc) is 2.42. The minimum atomic E-state index is -4.50. The van der Waals surface area contributed by atoms with Crippen LogP contribution in [0, 0.1) is 11.6 Å². The maximum Gasteiger partial charge on any atom is 0.416 e. The summed E-state index contributed by atoms with van der Waals surface area (Å²) in [6, 6.07) is 7.36. The fourth-order valence-electron chi connectivity index (χ4n) is 1.93. The molecule has 0 saturated heterocycles. The minimum Gasteiger partial charge on any atom is -0.388 e. The van der Waals surface area contributed by atoms with Gasteiger partial charge in [-0.15, -0.1) is 0 Å². The van der Waals surface area contributed by atoms with Crippen LogP contribution < -0.4 is 0 Å². The number of benzene rings is 2. The predicted molar refractivity (Wildman–Crippen MR) is 66.5 cm³/mol. The maximum atomic E-state index is 13.0. The van der Waals surface area contributed by atoms with Crippen molar-refractivity contribution in [1.29, 1.82) is 0 Å². The molecule has 2 aromatic carbocycles. The second kappa shape index (κ2) is 5.81. The Hall–Kier alpha value is -1.95. The molecule has 1 unspecified atom stereocenters. The quantitative estimate of drug-likeness (QED) is 0.840. The summed E-state index contributed by atoms with van der Waals surface area (Å²) in [5.41, 5.74) is -0.516. The molecule has 6 heteroatoms. The zero-order chi connectivity index (χ0) is 15.6. The number of hydrogen-bond acceptors (Lipinski definition) is 1. The summed E-state index contributed by atoms with van der Waals surface area (Å²) in [7, 11) is 0. The number of alkyl halides is 3. The molecule has 0 aliphatic heterocycles. The largest absolute Gasteiger partial charge is 0.416 e. The van der Waals surface area contributed by atoms with Crippen LogP contribution in [-0.4, -0.2) is 5.11 Å². The summed E-state index contributed by atoms with van der Waals surface area (Å²) >= 11 is 0. The van der Waals surface area contributed by atoms with E-state index >= 15 is 0 Å². The molecule has 0 spiro atoms. The van der Waals surface area contributed by atoms with Crippen molar-refractivity contribution in [3.05, 3.63) is 70.8 Å². The van der Waals surface area contributed by atoms with Crippen molar-refractivity contribution in [2.45, 2.75) is 18.7 Å². The summed E-state index contributed by atoms with van der Waals surface area (Å²) in [5.74, 6) is -2.09. The topological polar surface area (TPSA) is 20.2 Å². The summed E-state index contributed by atoms with van der Waals surface area (Å²) in [4.78, 5) is 0.